The van der Waals surface area contributed by atoms with E-state index in [0.717, 1.165) is 13.8 Å². The van der Waals surface area contributed by atoms with Crippen molar-refractivity contribution in [2.75, 3.05) is 7.11 Å². The van der Waals surface area contributed by atoms with Crippen molar-refractivity contribution in [1.82, 2.24) is 5.43 Å². The van der Waals surface area contributed by atoms with Gasteiger partial charge in [0.1, 0.15) is 11.5 Å². The summed E-state index contributed by atoms with van der Waals surface area (Å²) in [4.78, 5) is 13.3. The molecule has 28 heavy (non-hydrogen) atoms. The molecule has 5 nitrogen and oxygen atoms in total. The average molecular weight is 545 g/mol. The van der Waals surface area contributed by atoms with E-state index in [4.69, 9.17) is 20.8 Å². The first-order valence-corrected chi connectivity index (χ1v) is 10.6. The molecule has 3 rings (SSSR count). The average Bonchev–Trinajstić information content (AvgIpc) is 3.02. The van der Waals surface area contributed by atoms with Crippen molar-refractivity contribution in [2.24, 2.45) is 5.10 Å². The molecule has 0 atom stereocenters. The summed E-state index contributed by atoms with van der Waals surface area (Å²) in [6.45, 7) is 0. The normalized spacial score (nSPS) is 11.0. The first-order chi connectivity index (χ1) is 13.5. The zero-order valence-electron chi connectivity index (χ0n) is 14.4. The van der Waals surface area contributed by atoms with E-state index >= 15 is 0 Å². The highest BCUT2D eigenvalue weighted by Gasteiger charge is 2.13. The number of methoxy groups -OCH3 is 1. The highest BCUT2D eigenvalue weighted by molar-refractivity contribution is 9.10. The van der Waals surface area contributed by atoms with Crippen molar-refractivity contribution in [3.05, 3.63) is 73.8 Å². The van der Waals surface area contributed by atoms with Crippen LogP contribution in [0.15, 0.2) is 77.0 Å². The number of furan rings is 1. The first-order valence-electron chi connectivity index (χ1n) is 7.86. The van der Waals surface area contributed by atoms with Crippen LogP contribution in [0.25, 0.3) is 0 Å². The Labute approximate surface area is 187 Å². The Bertz CT molecular complexity index is 1020. The van der Waals surface area contributed by atoms with E-state index in [9.17, 15) is 4.79 Å². The molecule has 0 saturated carbocycles. The van der Waals surface area contributed by atoms with E-state index in [-0.39, 0.29) is 0 Å². The van der Waals surface area contributed by atoms with E-state index in [1.165, 1.54) is 25.1 Å². The number of halogens is 3. The van der Waals surface area contributed by atoms with Crippen LogP contribution in [-0.4, -0.2) is 19.2 Å². The fraction of sp³-hybridized carbons (Fsp3) is 0.0526. The van der Waals surface area contributed by atoms with Gasteiger partial charge in [0.15, 0.2) is 5.09 Å². The second-order valence-corrected chi connectivity index (χ2v) is 8.64. The van der Waals surface area contributed by atoms with Crippen LogP contribution in [0.1, 0.15) is 16.1 Å². The summed E-state index contributed by atoms with van der Waals surface area (Å²) < 4.78 is 12.5. The minimum Gasteiger partial charge on any atom is -0.496 e. The molecule has 0 aliphatic rings. The predicted molar refractivity (Wildman–Crippen MR) is 118 cm³/mol. The highest BCUT2D eigenvalue weighted by Crippen LogP contribution is 2.36. The van der Waals surface area contributed by atoms with Gasteiger partial charge in [0.25, 0.3) is 5.91 Å². The third-order valence-electron chi connectivity index (χ3n) is 3.46. The number of rotatable bonds is 6. The summed E-state index contributed by atoms with van der Waals surface area (Å²) in [6.07, 6.45) is 1.43. The Kier molecular flexibility index (Phi) is 7.23. The topological polar surface area (TPSA) is 63.8 Å². The molecule has 1 amide bonds. The van der Waals surface area contributed by atoms with Gasteiger partial charge in [-0.15, -0.1) is 0 Å². The summed E-state index contributed by atoms with van der Waals surface area (Å²) in [7, 11) is 1.50. The molecule has 9 heteroatoms. The fourth-order valence-corrected chi connectivity index (χ4v) is 4.00. The third-order valence-corrected chi connectivity index (χ3v) is 6.06. The van der Waals surface area contributed by atoms with E-state index < -0.39 is 5.91 Å². The Morgan fingerprint density at radius 3 is 2.68 bits per heavy atom. The van der Waals surface area contributed by atoms with Crippen molar-refractivity contribution in [3.8, 4) is 5.75 Å². The molecular weight excluding hydrogens is 532 g/mol. The van der Waals surface area contributed by atoms with Crippen LogP contribution in [0.4, 0.5) is 0 Å². The van der Waals surface area contributed by atoms with Crippen LogP contribution in [0, 0.1) is 0 Å². The summed E-state index contributed by atoms with van der Waals surface area (Å²) in [5.74, 6) is 0.555. The van der Waals surface area contributed by atoms with Crippen LogP contribution < -0.4 is 10.2 Å². The monoisotopic (exact) mass is 542 g/mol. The molecule has 0 aliphatic carbocycles. The maximum atomic E-state index is 12.3. The molecule has 0 saturated heterocycles. The zero-order valence-corrected chi connectivity index (χ0v) is 19.2. The van der Waals surface area contributed by atoms with E-state index in [1.807, 2.05) is 24.3 Å². The van der Waals surface area contributed by atoms with Gasteiger partial charge in [-0.25, -0.2) is 5.43 Å². The standard InChI is InChI=1S/C19H13Br2ClN2O3S/c1-26-17-7-2-11(20)8-15(17)18(25)24-23-10-13-9-16(21)19(27-13)28-14-5-3-12(22)4-6-14/h2-10H,1H3,(H,24,25)/b23-10-. The summed E-state index contributed by atoms with van der Waals surface area (Å²) in [5, 5.41) is 5.30. The SMILES string of the molecule is COc1ccc(Br)cc1C(=O)N/N=C\c1cc(Br)c(Sc2ccc(Cl)cc2)o1. The van der Waals surface area contributed by atoms with Crippen molar-refractivity contribution in [1.29, 1.82) is 0 Å². The molecule has 0 spiro atoms. The molecule has 0 bridgehead atoms. The minimum absolute atomic E-state index is 0.369. The predicted octanol–water partition coefficient (Wildman–Crippen LogP) is 6.38. The lowest BCUT2D eigenvalue weighted by Crippen LogP contribution is -2.18. The van der Waals surface area contributed by atoms with E-state index in [2.05, 4.69) is 42.4 Å². The molecule has 1 aromatic heterocycles. The van der Waals surface area contributed by atoms with Gasteiger partial charge in [-0.2, -0.15) is 5.10 Å². The van der Waals surface area contributed by atoms with Crippen LogP contribution in [-0.2, 0) is 0 Å². The lowest BCUT2D eigenvalue weighted by atomic mass is 10.2. The fourth-order valence-electron chi connectivity index (χ4n) is 2.18. The molecule has 0 aliphatic heterocycles. The number of hydrazone groups is 1. The summed E-state index contributed by atoms with van der Waals surface area (Å²) in [6, 6.07) is 14.4. The molecule has 0 fully saturated rings. The molecule has 0 radical (unpaired) electrons. The van der Waals surface area contributed by atoms with Crippen molar-refractivity contribution < 1.29 is 13.9 Å². The lowest BCUT2D eigenvalue weighted by Gasteiger charge is -2.07. The number of nitrogens with zero attached hydrogens (tertiary/aromatic N) is 1. The molecule has 144 valence electrons. The minimum atomic E-state index is -0.393. The van der Waals surface area contributed by atoms with E-state index in [1.54, 1.807) is 24.3 Å². The number of carbonyl (C=O) groups is 1. The highest BCUT2D eigenvalue weighted by atomic mass is 79.9. The van der Waals surface area contributed by atoms with Gasteiger partial charge in [0.05, 0.1) is 23.4 Å². The van der Waals surface area contributed by atoms with Crippen molar-refractivity contribution in [3.63, 3.8) is 0 Å². The van der Waals surface area contributed by atoms with Crippen LogP contribution >= 0.6 is 55.2 Å². The second-order valence-electron chi connectivity index (χ2n) is 5.38. The number of nitrogens with one attached hydrogen (secondary N) is 1. The van der Waals surface area contributed by atoms with E-state index in [0.29, 0.717) is 27.2 Å². The number of hydrogen-bond acceptors (Lipinski definition) is 5. The maximum Gasteiger partial charge on any atom is 0.275 e. The summed E-state index contributed by atoms with van der Waals surface area (Å²) >= 11 is 14.1. The van der Waals surface area contributed by atoms with Crippen LogP contribution in [0.5, 0.6) is 5.75 Å². The maximum absolute atomic E-state index is 12.3. The smallest absolute Gasteiger partial charge is 0.275 e. The quantitative estimate of drug-likeness (QED) is 0.289. The number of ether oxygens (including phenoxy) is 1. The van der Waals surface area contributed by atoms with Crippen LogP contribution in [0.2, 0.25) is 5.02 Å². The largest absolute Gasteiger partial charge is 0.496 e. The number of benzene rings is 2. The van der Waals surface area contributed by atoms with Gasteiger partial charge in [-0.3, -0.25) is 4.79 Å². The molecule has 0 unspecified atom stereocenters. The summed E-state index contributed by atoms with van der Waals surface area (Å²) in [5.41, 5.74) is 2.84. The van der Waals surface area contributed by atoms with Crippen molar-refractivity contribution >= 4 is 67.3 Å². The lowest BCUT2D eigenvalue weighted by molar-refractivity contribution is 0.0952. The number of amides is 1. The molecule has 1 heterocycles. The third kappa shape index (κ3) is 5.41. The van der Waals surface area contributed by atoms with Gasteiger partial charge in [0.2, 0.25) is 0 Å². The Morgan fingerprint density at radius 2 is 1.96 bits per heavy atom. The number of hydrogen-bond donors (Lipinski definition) is 1. The van der Waals surface area contributed by atoms with Gasteiger partial charge in [-0.1, -0.05) is 39.3 Å². The van der Waals surface area contributed by atoms with Gasteiger partial charge >= 0.3 is 0 Å². The van der Waals surface area contributed by atoms with Gasteiger partial charge in [0, 0.05) is 20.5 Å². The van der Waals surface area contributed by atoms with Crippen molar-refractivity contribution in [2.45, 2.75) is 9.99 Å². The van der Waals surface area contributed by atoms with Crippen LogP contribution in [0.3, 0.4) is 0 Å². The molecule has 2 aromatic carbocycles. The Hall–Kier alpha value is -1.74. The molecule has 1 N–H and O–H groups in total. The van der Waals surface area contributed by atoms with Gasteiger partial charge in [-0.05, 0) is 58.4 Å². The van der Waals surface area contributed by atoms with Gasteiger partial charge < -0.3 is 9.15 Å². The first kappa shape index (κ1) is 21.0. The molecule has 3 aromatic rings. The number of carbonyl (C=O) groups excluding carboxylic acids is 1. The molecular formula is C19H13Br2ClN2O3S. The Morgan fingerprint density at radius 1 is 1.21 bits per heavy atom. The second kappa shape index (κ2) is 9.65. The zero-order chi connectivity index (χ0) is 20.1. The Balaban J connectivity index is 1.67.